The lowest BCUT2D eigenvalue weighted by Crippen LogP contribution is -2.57. The van der Waals surface area contributed by atoms with E-state index in [1.807, 2.05) is 32.6 Å². The lowest BCUT2D eigenvalue weighted by atomic mass is 9.99. The summed E-state index contributed by atoms with van der Waals surface area (Å²) in [6, 6.07) is 0. The maximum Gasteiger partial charge on any atom is 0.239 e. The van der Waals surface area contributed by atoms with Crippen LogP contribution in [0, 0.1) is 5.82 Å². The van der Waals surface area contributed by atoms with Crippen molar-refractivity contribution in [2.45, 2.75) is 38.9 Å². The van der Waals surface area contributed by atoms with E-state index in [1.165, 1.54) is 0 Å². The molecule has 6 nitrogen and oxygen atoms in total. The normalized spacial score (nSPS) is 21.3. The van der Waals surface area contributed by atoms with Crippen molar-refractivity contribution < 1.29 is 9.13 Å². The second kappa shape index (κ2) is 4.57. The number of halogens is 1. The first-order valence-electron chi connectivity index (χ1n) is 6.17. The number of nitrogen functional groups attached to an aromatic ring is 1. The van der Waals surface area contributed by atoms with E-state index in [2.05, 4.69) is 15.4 Å². The summed E-state index contributed by atoms with van der Waals surface area (Å²) in [6.45, 7) is 9.00. The van der Waals surface area contributed by atoms with Gasteiger partial charge in [-0.05, 0) is 27.7 Å². The highest BCUT2D eigenvalue weighted by atomic mass is 19.1. The minimum Gasteiger partial charge on any atom is -0.366 e. The Morgan fingerprint density at radius 2 is 1.89 bits per heavy atom. The Morgan fingerprint density at radius 3 is 2.42 bits per heavy atom. The molecule has 0 bridgehead atoms. The molecule has 1 fully saturated rings. The first-order valence-corrected chi connectivity index (χ1v) is 6.17. The van der Waals surface area contributed by atoms with E-state index >= 15 is 0 Å². The number of ether oxygens (including phenoxy) is 1. The van der Waals surface area contributed by atoms with Crippen LogP contribution in [-0.2, 0) is 4.74 Å². The van der Waals surface area contributed by atoms with Crippen molar-refractivity contribution in [3.63, 3.8) is 0 Å². The number of hydrazine groups is 1. The fraction of sp³-hybridized carbons (Fsp3) is 0.667. The summed E-state index contributed by atoms with van der Waals surface area (Å²) in [7, 11) is 0. The van der Waals surface area contributed by atoms with Crippen molar-refractivity contribution in [1.29, 1.82) is 0 Å². The average molecular weight is 269 g/mol. The summed E-state index contributed by atoms with van der Waals surface area (Å²) in [5, 5.41) is 0. The number of anilines is 2. The van der Waals surface area contributed by atoms with Gasteiger partial charge in [0.1, 0.15) is 0 Å². The summed E-state index contributed by atoms with van der Waals surface area (Å²) in [5.74, 6) is 5.23. The molecule has 1 aliphatic heterocycles. The van der Waals surface area contributed by atoms with Gasteiger partial charge < -0.3 is 9.64 Å². The smallest absolute Gasteiger partial charge is 0.239 e. The number of morpholine rings is 1. The van der Waals surface area contributed by atoms with Crippen molar-refractivity contribution in [1.82, 2.24) is 9.97 Å². The Hall–Kier alpha value is -1.47. The van der Waals surface area contributed by atoms with E-state index in [-0.39, 0.29) is 23.0 Å². The first-order chi connectivity index (χ1) is 8.72. The molecular formula is C12H20FN5O. The summed E-state index contributed by atoms with van der Waals surface area (Å²) in [5.41, 5.74) is 1.57. The third-order valence-corrected chi connectivity index (χ3v) is 2.85. The van der Waals surface area contributed by atoms with Crippen LogP contribution in [0.1, 0.15) is 27.7 Å². The number of aromatic nitrogens is 2. The van der Waals surface area contributed by atoms with Crippen molar-refractivity contribution in [3.05, 3.63) is 12.0 Å². The van der Waals surface area contributed by atoms with Crippen molar-refractivity contribution in [2.75, 3.05) is 23.4 Å². The number of rotatable bonds is 2. The van der Waals surface area contributed by atoms with Crippen LogP contribution in [0.25, 0.3) is 0 Å². The topological polar surface area (TPSA) is 76.3 Å². The minimum atomic E-state index is -0.465. The molecular weight excluding hydrogens is 249 g/mol. The number of nitrogens with one attached hydrogen (secondary N) is 1. The van der Waals surface area contributed by atoms with Gasteiger partial charge in [-0.3, -0.25) is 5.43 Å². The average Bonchev–Trinajstić information content (AvgIpc) is 2.25. The maximum absolute atomic E-state index is 13.9. The van der Waals surface area contributed by atoms with Crippen molar-refractivity contribution in [3.8, 4) is 0 Å². The monoisotopic (exact) mass is 269 g/mol. The minimum absolute atomic E-state index is 0.193. The molecule has 2 heterocycles. The van der Waals surface area contributed by atoms with Crippen LogP contribution >= 0.6 is 0 Å². The highest BCUT2D eigenvalue weighted by molar-refractivity contribution is 5.45. The van der Waals surface area contributed by atoms with Crippen LogP contribution in [0.15, 0.2) is 6.20 Å². The summed E-state index contributed by atoms with van der Waals surface area (Å²) in [4.78, 5) is 9.70. The molecule has 1 aromatic rings. The van der Waals surface area contributed by atoms with Crippen LogP contribution in [0.5, 0.6) is 0 Å². The zero-order valence-electron chi connectivity index (χ0n) is 11.7. The molecule has 2 rings (SSSR count). The third-order valence-electron chi connectivity index (χ3n) is 2.85. The van der Waals surface area contributed by atoms with Gasteiger partial charge in [0.25, 0.3) is 0 Å². The van der Waals surface area contributed by atoms with Crippen molar-refractivity contribution >= 4 is 11.8 Å². The van der Waals surface area contributed by atoms with Crippen LogP contribution in [-0.4, -0.2) is 34.3 Å². The summed E-state index contributed by atoms with van der Waals surface area (Å²) < 4.78 is 19.9. The zero-order chi connectivity index (χ0) is 14.3. The molecule has 106 valence electrons. The van der Waals surface area contributed by atoms with Gasteiger partial charge in [0.05, 0.1) is 17.4 Å². The Labute approximate surface area is 112 Å². The zero-order valence-corrected chi connectivity index (χ0v) is 11.7. The first kappa shape index (κ1) is 14.0. The number of hydrogen-bond donors (Lipinski definition) is 2. The summed E-state index contributed by atoms with van der Waals surface area (Å²) in [6.07, 6.45) is 1.12. The van der Waals surface area contributed by atoms with Gasteiger partial charge in [-0.25, -0.2) is 15.2 Å². The second-order valence-electron chi connectivity index (χ2n) is 5.99. The molecule has 1 aliphatic rings. The molecule has 0 saturated carbocycles. The van der Waals surface area contributed by atoms with E-state index < -0.39 is 5.82 Å². The van der Waals surface area contributed by atoms with Crippen LogP contribution in [0.2, 0.25) is 0 Å². The molecule has 0 spiro atoms. The van der Waals surface area contributed by atoms with E-state index in [0.29, 0.717) is 13.1 Å². The van der Waals surface area contributed by atoms with E-state index in [1.54, 1.807) is 0 Å². The van der Waals surface area contributed by atoms with E-state index in [9.17, 15) is 4.39 Å². The molecule has 0 aromatic carbocycles. The van der Waals surface area contributed by atoms with Gasteiger partial charge in [0.15, 0.2) is 11.6 Å². The van der Waals surface area contributed by atoms with Crippen LogP contribution < -0.4 is 16.2 Å². The second-order valence-corrected chi connectivity index (χ2v) is 5.99. The molecule has 0 amide bonds. The quantitative estimate of drug-likeness (QED) is 0.622. The Balaban J connectivity index is 2.35. The highest BCUT2D eigenvalue weighted by Gasteiger charge is 2.39. The summed E-state index contributed by atoms with van der Waals surface area (Å²) >= 11 is 0. The largest absolute Gasteiger partial charge is 0.366 e. The lowest BCUT2D eigenvalue weighted by Gasteiger charge is -2.47. The fourth-order valence-electron chi connectivity index (χ4n) is 2.59. The molecule has 0 radical (unpaired) electrons. The Kier molecular flexibility index (Phi) is 3.36. The fourth-order valence-corrected chi connectivity index (χ4v) is 2.59. The SMILES string of the molecule is CC1(C)CN(c2nc(NN)ncc2F)CC(C)(C)O1. The van der Waals surface area contributed by atoms with Gasteiger partial charge in [-0.2, -0.15) is 4.98 Å². The molecule has 0 aliphatic carbocycles. The van der Waals surface area contributed by atoms with Gasteiger partial charge in [-0.15, -0.1) is 0 Å². The number of nitrogens with zero attached hydrogens (tertiary/aromatic N) is 3. The molecule has 3 N–H and O–H groups in total. The standard InChI is InChI=1S/C12H20FN5O/c1-11(2)6-18(7-12(3,4)19-11)9-8(13)5-15-10(16-9)17-14/h5H,6-7,14H2,1-4H3,(H,15,16,17). The van der Waals surface area contributed by atoms with Gasteiger partial charge in [0.2, 0.25) is 5.95 Å². The van der Waals surface area contributed by atoms with Gasteiger partial charge >= 0.3 is 0 Å². The van der Waals surface area contributed by atoms with Gasteiger partial charge in [0, 0.05) is 13.1 Å². The highest BCUT2D eigenvalue weighted by Crippen LogP contribution is 2.31. The molecule has 0 atom stereocenters. The van der Waals surface area contributed by atoms with Gasteiger partial charge in [-0.1, -0.05) is 0 Å². The van der Waals surface area contributed by atoms with E-state index in [4.69, 9.17) is 10.6 Å². The molecule has 1 saturated heterocycles. The van der Waals surface area contributed by atoms with Crippen LogP contribution in [0.4, 0.5) is 16.2 Å². The van der Waals surface area contributed by atoms with Crippen LogP contribution in [0.3, 0.4) is 0 Å². The van der Waals surface area contributed by atoms with E-state index in [0.717, 1.165) is 6.20 Å². The lowest BCUT2D eigenvalue weighted by molar-refractivity contribution is -0.133. The Morgan fingerprint density at radius 1 is 1.32 bits per heavy atom. The van der Waals surface area contributed by atoms with Crippen molar-refractivity contribution in [2.24, 2.45) is 5.84 Å². The molecule has 19 heavy (non-hydrogen) atoms. The third kappa shape index (κ3) is 3.10. The number of hydrogen-bond acceptors (Lipinski definition) is 6. The number of nitrogens with two attached hydrogens (primary N) is 1. The predicted molar refractivity (Wildman–Crippen MR) is 71.3 cm³/mol. The molecule has 0 unspecified atom stereocenters. The maximum atomic E-state index is 13.9. The molecule has 1 aromatic heterocycles. The molecule has 7 heteroatoms. The predicted octanol–water partition coefficient (Wildman–Crippen LogP) is 1.30. The Bertz CT molecular complexity index is 461.